The number of aryl methyl sites for hydroxylation is 1. The number of hydrogen-bond donors (Lipinski definition) is 1. The van der Waals surface area contributed by atoms with Crippen molar-refractivity contribution in [3.63, 3.8) is 0 Å². The minimum Gasteiger partial charge on any atom is -0.495 e. The van der Waals surface area contributed by atoms with E-state index in [1.54, 1.807) is 36.0 Å². The average Bonchev–Trinajstić information content (AvgIpc) is 3.51. The highest BCUT2D eigenvalue weighted by Gasteiger charge is 2.29. The molecule has 4 rings (SSSR count). The molecule has 0 bridgehead atoms. The molecule has 1 amide bonds. The van der Waals surface area contributed by atoms with Gasteiger partial charge < -0.3 is 14.8 Å². The zero-order chi connectivity index (χ0) is 23.0. The van der Waals surface area contributed by atoms with Gasteiger partial charge in [-0.05, 0) is 64.3 Å². The van der Waals surface area contributed by atoms with E-state index in [0.29, 0.717) is 34.0 Å². The number of hydrogen-bond acceptors (Lipinski definition) is 6. The SMILES string of the molecule is COc1ccc(C)cc1NC(=O)C(C)OC(=O)c1cc(C2CC2)nc2c1cnn2C(C)C. The summed E-state index contributed by atoms with van der Waals surface area (Å²) in [6.07, 6.45) is 2.75. The van der Waals surface area contributed by atoms with Crippen LogP contribution in [0.5, 0.6) is 5.75 Å². The number of pyridine rings is 1. The van der Waals surface area contributed by atoms with Gasteiger partial charge in [-0.1, -0.05) is 6.07 Å². The van der Waals surface area contributed by atoms with Crippen LogP contribution in [-0.2, 0) is 9.53 Å². The van der Waals surface area contributed by atoms with Gasteiger partial charge in [-0.15, -0.1) is 0 Å². The number of anilines is 1. The summed E-state index contributed by atoms with van der Waals surface area (Å²) in [5.74, 6) is -0.112. The second kappa shape index (κ2) is 8.61. The van der Waals surface area contributed by atoms with Crippen LogP contribution >= 0.6 is 0 Å². The first-order valence-corrected chi connectivity index (χ1v) is 10.8. The quantitative estimate of drug-likeness (QED) is 0.552. The van der Waals surface area contributed by atoms with Crippen LogP contribution < -0.4 is 10.1 Å². The normalized spacial score (nSPS) is 14.4. The fraction of sp³-hybridized carbons (Fsp3) is 0.417. The third-order valence-corrected chi connectivity index (χ3v) is 5.56. The summed E-state index contributed by atoms with van der Waals surface area (Å²) in [5, 5.41) is 7.82. The van der Waals surface area contributed by atoms with Crippen LogP contribution in [0.15, 0.2) is 30.5 Å². The number of benzene rings is 1. The molecule has 3 aromatic rings. The van der Waals surface area contributed by atoms with Crippen molar-refractivity contribution in [3.05, 3.63) is 47.3 Å². The van der Waals surface area contributed by atoms with Gasteiger partial charge in [0, 0.05) is 17.7 Å². The second-order valence-electron chi connectivity index (χ2n) is 8.53. The Morgan fingerprint density at radius 1 is 1.19 bits per heavy atom. The summed E-state index contributed by atoms with van der Waals surface area (Å²) in [4.78, 5) is 30.6. The predicted molar refractivity (Wildman–Crippen MR) is 121 cm³/mol. The lowest BCUT2D eigenvalue weighted by Crippen LogP contribution is -2.30. The van der Waals surface area contributed by atoms with Gasteiger partial charge in [-0.25, -0.2) is 14.5 Å². The highest BCUT2D eigenvalue weighted by molar-refractivity contribution is 6.04. The summed E-state index contributed by atoms with van der Waals surface area (Å²) in [7, 11) is 1.53. The Morgan fingerprint density at radius 3 is 2.59 bits per heavy atom. The molecule has 1 aliphatic carbocycles. The zero-order valence-corrected chi connectivity index (χ0v) is 19.0. The van der Waals surface area contributed by atoms with E-state index in [-0.39, 0.29) is 6.04 Å². The molecule has 0 aliphatic heterocycles. The van der Waals surface area contributed by atoms with Gasteiger partial charge in [0.2, 0.25) is 0 Å². The Kier molecular flexibility index (Phi) is 5.86. The number of nitrogens with zero attached hydrogens (tertiary/aromatic N) is 3. The maximum atomic E-state index is 13.1. The summed E-state index contributed by atoms with van der Waals surface area (Å²) in [5.41, 5.74) is 3.42. The standard InChI is InChI=1S/C24H28N4O4/c1-13(2)28-22-18(12-25-28)17(11-19(26-22)16-7-8-16)24(30)32-15(4)23(29)27-20-10-14(3)6-9-21(20)31-5/h6,9-13,15-16H,7-8H2,1-5H3,(H,27,29). The third-order valence-electron chi connectivity index (χ3n) is 5.56. The van der Waals surface area contributed by atoms with Crippen molar-refractivity contribution in [2.45, 2.75) is 58.6 Å². The number of ether oxygens (including phenoxy) is 2. The van der Waals surface area contributed by atoms with Crippen LogP contribution in [0.4, 0.5) is 5.69 Å². The molecule has 1 aliphatic rings. The van der Waals surface area contributed by atoms with E-state index in [4.69, 9.17) is 14.5 Å². The van der Waals surface area contributed by atoms with Gasteiger partial charge in [0.25, 0.3) is 5.91 Å². The summed E-state index contributed by atoms with van der Waals surface area (Å²) in [6.45, 7) is 7.50. The Morgan fingerprint density at radius 2 is 1.94 bits per heavy atom. The molecular formula is C24H28N4O4. The molecule has 0 saturated heterocycles. The molecular weight excluding hydrogens is 408 g/mol. The topological polar surface area (TPSA) is 95.3 Å². The fourth-order valence-corrected chi connectivity index (χ4v) is 3.60. The van der Waals surface area contributed by atoms with Crippen molar-refractivity contribution < 1.29 is 19.1 Å². The number of aromatic nitrogens is 3. The van der Waals surface area contributed by atoms with Crippen LogP contribution in [0.25, 0.3) is 11.0 Å². The number of carbonyl (C=O) groups is 2. The summed E-state index contributed by atoms with van der Waals surface area (Å²) >= 11 is 0. The third kappa shape index (κ3) is 4.30. The molecule has 2 aromatic heterocycles. The largest absolute Gasteiger partial charge is 0.495 e. The molecule has 1 unspecified atom stereocenters. The monoisotopic (exact) mass is 436 g/mol. The molecule has 32 heavy (non-hydrogen) atoms. The highest BCUT2D eigenvalue weighted by atomic mass is 16.5. The number of rotatable bonds is 7. The molecule has 0 spiro atoms. The van der Waals surface area contributed by atoms with Crippen LogP contribution in [0.1, 0.15) is 67.2 Å². The van der Waals surface area contributed by atoms with Crippen molar-refractivity contribution in [1.82, 2.24) is 14.8 Å². The number of methoxy groups -OCH3 is 1. The fourth-order valence-electron chi connectivity index (χ4n) is 3.60. The molecule has 8 nitrogen and oxygen atoms in total. The maximum Gasteiger partial charge on any atom is 0.339 e. The maximum absolute atomic E-state index is 13.1. The van der Waals surface area contributed by atoms with E-state index in [0.717, 1.165) is 24.1 Å². The molecule has 8 heteroatoms. The summed E-state index contributed by atoms with van der Waals surface area (Å²) < 4.78 is 12.7. The van der Waals surface area contributed by atoms with Crippen LogP contribution in [0.2, 0.25) is 0 Å². The van der Waals surface area contributed by atoms with E-state index in [1.807, 2.05) is 26.8 Å². The van der Waals surface area contributed by atoms with Crippen molar-refractivity contribution in [2.75, 3.05) is 12.4 Å². The minimum atomic E-state index is -1.000. The first-order chi connectivity index (χ1) is 15.3. The Hall–Kier alpha value is -3.42. The van der Waals surface area contributed by atoms with Gasteiger partial charge in [0.15, 0.2) is 11.8 Å². The molecule has 1 N–H and O–H groups in total. The summed E-state index contributed by atoms with van der Waals surface area (Å²) in [6, 6.07) is 7.36. The lowest BCUT2D eigenvalue weighted by Gasteiger charge is -2.16. The van der Waals surface area contributed by atoms with Crippen molar-refractivity contribution in [1.29, 1.82) is 0 Å². The number of amides is 1. The van der Waals surface area contributed by atoms with Gasteiger partial charge in [-0.2, -0.15) is 5.10 Å². The van der Waals surface area contributed by atoms with Crippen molar-refractivity contribution >= 4 is 28.6 Å². The van der Waals surface area contributed by atoms with Gasteiger partial charge in [-0.3, -0.25) is 4.79 Å². The minimum absolute atomic E-state index is 0.104. The van der Waals surface area contributed by atoms with Crippen molar-refractivity contribution in [3.8, 4) is 5.75 Å². The molecule has 168 valence electrons. The zero-order valence-electron chi connectivity index (χ0n) is 19.0. The predicted octanol–water partition coefficient (Wildman–Crippen LogP) is 4.39. The van der Waals surface area contributed by atoms with Gasteiger partial charge in [0.1, 0.15) is 5.75 Å². The lowest BCUT2D eigenvalue weighted by atomic mass is 10.1. The van der Waals surface area contributed by atoms with E-state index < -0.39 is 18.0 Å². The van der Waals surface area contributed by atoms with E-state index in [9.17, 15) is 9.59 Å². The van der Waals surface area contributed by atoms with Crippen molar-refractivity contribution in [2.24, 2.45) is 0 Å². The smallest absolute Gasteiger partial charge is 0.339 e. The first-order valence-electron chi connectivity index (χ1n) is 10.8. The number of carbonyl (C=O) groups excluding carboxylic acids is 2. The number of fused-ring (bicyclic) bond motifs is 1. The van der Waals surface area contributed by atoms with Crippen LogP contribution in [0.3, 0.4) is 0 Å². The highest BCUT2D eigenvalue weighted by Crippen LogP contribution is 2.40. The Balaban J connectivity index is 1.57. The molecule has 1 aromatic carbocycles. The van der Waals surface area contributed by atoms with Gasteiger partial charge in [0.05, 0.1) is 29.9 Å². The molecule has 1 saturated carbocycles. The first kappa shape index (κ1) is 21.8. The second-order valence-corrected chi connectivity index (χ2v) is 8.53. The van der Waals surface area contributed by atoms with Crippen LogP contribution in [0, 0.1) is 6.92 Å². The molecule has 2 heterocycles. The molecule has 0 radical (unpaired) electrons. The number of nitrogens with one attached hydrogen (secondary N) is 1. The van der Waals surface area contributed by atoms with Gasteiger partial charge >= 0.3 is 5.97 Å². The van der Waals surface area contributed by atoms with E-state index in [1.165, 1.54) is 7.11 Å². The molecule has 1 fully saturated rings. The Bertz CT molecular complexity index is 1180. The number of esters is 1. The van der Waals surface area contributed by atoms with Crippen LogP contribution in [-0.4, -0.2) is 39.9 Å². The average molecular weight is 437 g/mol. The van der Waals surface area contributed by atoms with E-state index >= 15 is 0 Å². The lowest BCUT2D eigenvalue weighted by molar-refractivity contribution is -0.123. The Labute approximate surface area is 186 Å². The van der Waals surface area contributed by atoms with E-state index in [2.05, 4.69) is 10.4 Å². The molecule has 1 atom stereocenters.